The lowest BCUT2D eigenvalue weighted by molar-refractivity contribution is 0.715. The number of benzene rings is 1. The summed E-state index contributed by atoms with van der Waals surface area (Å²) in [5.41, 5.74) is -0.442. The SMILES string of the molecule is N#Cc1cn(Cc2nc3ccccc3s2)c(=O)[nH]c1=O. The molecule has 0 unspecified atom stereocenters. The normalized spacial score (nSPS) is 10.6. The van der Waals surface area contributed by atoms with Crippen LogP contribution in [0, 0.1) is 11.3 Å². The van der Waals surface area contributed by atoms with Gasteiger partial charge in [-0.15, -0.1) is 11.3 Å². The van der Waals surface area contributed by atoms with Crippen molar-refractivity contribution in [3.63, 3.8) is 0 Å². The van der Waals surface area contributed by atoms with Crippen molar-refractivity contribution in [1.82, 2.24) is 14.5 Å². The number of aromatic amines is 1. The van der Waals surface area contributed by atoms with E-state index >= 15 is 0 Å². The van der Waals surface area contributed by atoms with E-state index < -0.39 is 11.2 Å². The molecule has 0 saturated carbocycles. The summed E-state index contributed by atoms with van der Waals surface area (Å²) in [6.07, 6.45) is 1.26. The van der Waals surface area contributed by atoms with Gasteiger partial charge in [0.15, 0.2) is 0 Å². The number of hydrogen-bond acceptors (Lipinski definition) is 5. The second-order valence-corrected chi connectivity index (χ2v) is 5.23. The maximum Gasteiger partial charge on any atom is 0.328 e. The minimum atomic E-state index is -0.668. The first kappa shape index (κ1) is 12.3. The number of nitrogens with one attached hydrogen (secondary N) is 1. The summed E-state index contributed by atoms with van der Waals surface area (Å²) < 4.78 is 2.30. The van der Waals surface area contributed by atoms with Gasteiger partial charge >= 0.3 is 5.69 Å². The largest absolute Gasteiger partial charge is 0.328 e. The van der Waals surface area contributed by atoms with Crippen LogP contribution in [0.5, 0.6) is 0 Å². The second kappa shape index (κ2) is 4.75. The quantitative estimate of drug-likeness (QED) is 0.761. The maximum atomic E-state index is 11.7. The van der Waals surface area contributed by atoms with Gasteiger partial charge in [-0.1, -0.05) is 12.1 Å². The number of para-hydroxylation sites is 1. The first-order valence-corrected chi connectivity index (χ1v) is 6.57. The van der Waals surface area contributed by atoms with E-state index in [2.05, 4.69) is 9.97 Å². The summed E-state index contributed by atoms with van der Waals surface area (Å²) in [6.45, 7) is 0.226. The third-order valence-corrected chi connectivity index (χ3v) is 3.80. The van der Waals surface area contributed by atoms with Gasteiger partial charge in [0.05, 0.1) is 16.8 Å². The first-order valence-electron chi connectivity index (χ1n) is 5.75. The Kier molecular flexibility index (Phi) is 2.93. The molecule has 2 aromatic heterocycles. The first-order chi connectivity index (χ1) is 9.67. The van der Waals surface area contributed by atoms with Gasteiger partial charge in [-0.3, -0.25) is 14.3 Å². The highest BCUT2D eigenvalue weighted by molar-refractivity contribution is 7.18. The molecule has 3 rings (SSSR count). The van der Waals surface area contributed by atoms with E-state index in [0.717, 1.165) is 15.2 Å². The van der Waals surface area contributed by atoms with Gasteiger partial charge in [-0.05, 0) is 12.1 Å². The van der Waals surface area contributed by atoms with Crippen LogP contribution in [-0.4, -0.2) is 14.5 Å². The molecule has 7 heteroatoms. The molecule has 0 bridgehead atoms. The van der Waals surface area contributed by atoms with Crippen LogP contribution in [0.2, 0.25) is 0 Å². The number of aromatic nitrogens is 3. The lowest BCUT2D eigenvalue weighted by Crippen LogP contribution is -2.31. The topological polar surface area (TPSA) is 91.5 Å². The fourth-order valence-corrected chi connectivity index (χ4v) is 2.81. The van der Waals surface area contributed by atoms with Crippen LogP contribution < -0.4 is 11.2 Å². The fourth-order valence-electron chi connectivity index (χ4n) is 1.84. The monoisotopic (exact) mass is 284 g/mol. The number of nitrogens with zero attached hydrogens (tertiary/aromatic N) is 3. The number of fused-ring (bicyclic) bond motifs is 1. The van der Waals surface area contributed by atoms with Crippen molar-refractivity contribution in [1.29, 1.82) is 5.26 Å². The van der Waals surface area contributed by atoms with Gasteiger partial charge in [-0.2, -0.15) is 5.26 Å². The Bertz CT molecular complexity index is 912. The number of hydrogen-bond donors (Lipinski definition) is 1. The average molecular weight is 284 g/mol. The van der Waals surface area contributed by atoms with Crippen molar-refractivity contribution in [3.8, 4) is 6.07 Å². The summed E-state index contributed by atoms with van der Waals surface area (Å²) in [5, 5.41) is 9.56. The molecule has 20 heavy (non-hydrogen) atoms. The van der Waals surface area contributed by atoms with Crippen LogP contribution in [-0.2, 0) is 6.54 Å². The molecule has 0 amide bonds. The van der Waals surface area contributed by atoms with Crippen molar-refractivity contribution in [2.45, 2.75) is 6.54 Å². The van der Waals surface area contributed by atoms with Gasteiger partial charge in [0.1, 0.15) is 16.6 Å². The number of rotatable bonds is 2. The Balaban J connectivity index is 2.05. The number of thiazole rings is 1. The number of H-pyrrole nitrogens is 1. The highest BCUT2D eigenvalue weighted by Crippen LogP contribution is 2.21. The Hall–Kier alpha value is -2.72. The van der Waals surface area contributed by atoms with Crippen molar-refractivity contribution in [2.24, 2.45) is 0 Å². The Morgan fingerprint density at radius 1 is 1.35 bits per heavy atom. The van der Waals surface area contributed by atoms with Gasteiger partial charge in [0, 0.05) is 6.20 Å². The van der Waals surface area contributed by atoms with Crippen LogP contribution in [0.15, 0.2) is 40.1 Å². The van der Waals surface area contributed by atoms with Crippen molar-refractivity contribution >= 4 is 21.6 Å². The van der Waals surface area contributed by atoms with Gasteiger partial charge in [-0.25, -0.2) is 9.78 Å². The van der Waals surface area contributed by atoms with Crippen LogP contribution in [0.4, 0.5) is 0 Å². The van der Waals surface area contributed by atoms with Gasteiger partial charge in [0.2, 0.25) is 0 Å². The van der Waals surface area contributed by atoms with Crippen molar-refractivity contribution in [3.05, 3.63) is 61.9 Å². The molecule has 0 radical (unpaired) electrons. The zero-order valence-corrected chi connectivity index (χ0v) is 11.0. The van der Waals surface area contributed by atoms with E-state index in [1.807, 2.05) is 24.3 Å². The van der Waals surface area contributed by atoms with Crippen LogP contribution >= 0.6 is 11.3 Å². The Morgan fingerprint density at radius 2 is 2.15 bits per heavy atom. The van der Waals surface area contributed by atoms with Crippen LogP contribution in [0.1, 0.15) is 10.6 Å². The highest BCUT2D eigenvalue weighted by atomic mass is 32.1. The summed E-state index contributed by atoms with van der Waals surface area (Å²) >= 11 is 1.47. The summed E-state index contributed by atoms with van der Waals surface area (Å²) in [7, 11) is 0. The van der Waals surface area contributed by atoms with Crippen LogP contribution in [0.25, 0.3) is 10.2 Å². The third-order valence-electron chi connectivity index (χ3n) is 2.78. The van der Waals surface area contributed by atoms with Gasteiger partial charge in [0.25, 0.3) is 5.56 Å². The van der Waals surface area contributed by atoms with E-state index in [1.165, 1.54) is 22.1 Å². The second-order valence-electron chi connectivity index (χ2n) is 4.12. The van der Waals surface area contributed by atoms with Crippen molar-refractivity contribution in [2.75, 3.05) is 0 Å². The zero-order chi connectivity index (χ0) is 14.1. The van der Waals surface area contributed by atoms with E-state index in [9.17, 15) is 9.59 Å². The van der Waals surface area contributed by atoms with E-state index in [1.54, 1.807) is 6.07 Å². The number of nitriles is 1. The molecule has 6 nitrogen and oxygen atoms in total. The molecule has 0 aliphatic carbocycles. The fraction of sp³-hybridized carbons (Fsp3) is 0.0769. The van der Waals surface area contributed by atoms with E-state index in [4.69, 9.17) is 5.26 Å². The van der Waals surface area contributed by atoms with E-state index in [-0.39, 0.29) is 12.1 Å². The molecule has 0 spiro atoms. The van der Waals surface area contributed by atoms with Crippen molar-refractivity contribution < 1.29 is 0 Å². The summed E-state index contributed by atoms with van der Waals surface area (Å²) in [6, 6.07) is 9.42. The molecule has 0 aliphatic heterocycles. The molecule has 0 saturated heterocycles. The van der Waals surface area contributed by atoms with Gasteiger partial charge < -0.3 is 0 Å². The smallest absolute Gasteiger partial charge is 0.292 e. The zero-order valence-electron chi connectivity index (χ0n) is 10.2. The minimum Gasteiger partial charge on any atom is -0.292 e. The molecule has 98 valence electrons. The molecule has 1 aromatic carbocycles. The molecule has 0 aliphatic rings. The molecule has 3 aromatic rings. The molecule has 2 heterocycles. The van der Waals surface area contributed by atoms with Crippen LogP contribution in [0.3, 0.4) is 0 Å². The van der Waals surface area contributed by atoms with E-state index in [0.29, 0.717) is 0 Å². The third kappa shape index (κ3) is 2.13. The average Bonchev–Trinajstić information content (AvgIpc) is 2.84. The summed E-state index contributed by atoms with van der Waals surface area (Å²) in [4.78, 5) is 29.5. The minimum absolute atomic E-state index is 0.0919. The predicted molar refractivity (Wildman–Crippen MR) is 74.8 cm³/mol. The standard InChI is InChI=1S/C13H8N4O2S/c14-5-8-6-17(13(19)16-12(8)18)7-11-15-9-3-1-2-4-10(9)20-11/h1-4,6H,7H2,(H,16,18,19). The molecule has 1 N–H and O–H groups in total. The summed E-state index contributed by atoms with van der Waals surface area (Å²) in [5.74, 6) is 0. The molecule has 0 atom stereocenters. The molecular formula is C13H8N4O2S. The molecule has 0 fully saturated rings. The predicted octanol–water partition coefficient (Wildman–Crippen LogP) is 1.07. The lowest BCUT2D eigenvalue weighted by Gasteiger charge is -2.01. The molecular weight excluding hydrogens is 276 g/mol. The Labute approximate surface area is 116 Å². The lowest BCUT2D eigenvalue weighted by atomic mass is 10.3. The Morgan fingerprint density at radius 3 is 2.90 bits per heavy atom. The highest BCUT2D eigenvalue weighted by Gasteiger charge is 2.08. The maximum absolute atomic E-state index is 11.7.